The van der Waals surface area contributed by atoms with Crippen LogP contribution in [0.1, 0.15) is 0 Å². The lowest BCUT2D eigenvalue weighted by Gasteiger charge is -1.90. The smallest absolute Gasteiger partial charge is 0.411 e. The fourth-order valence-electron chi connectivity index (χ4n) is 0.414. The van der Waals surface area contributed by atoms with Crippen molar-refractivity contribution < 1.29 is 14.3 Å². The Balaban J connectivity index is 2.81. The maximum absolute atomic E-state index is 10.3. The Bertz CT molecular complexity index is 192. The second kappa shape index (κ2) is 2.41. The first-order chi connectivity index (χ1) is 4.24. The zero-order valence-electron chi connectivity index (χ0n) is 4.39. The number of carbonyl (C=O) groups excluding carboxylic acids is 1. The second-order valence-corrected chi connectivity index (χ2v) is 2.46. The van der Waals surface area contributed by atoms with Gasteiger partial charge in [0.2, 0.25) is 9.87 Å². The van der Waals surface area contributed by atoms with Crippen LogP contribution in [-0.2, 0) is 9.47 Å². The minimum Gasteiger partial charge on any atom is -0.411 e. The molecule has 1 heterocycles. The minimum atomic E-state index is -0.680. The number of halogens is 1. The predicted octanol–water partition coefficient (Wildman–Crippen LogP) is 1.58. The van der Waals surface area contributed by atoms with Crippen LogP contribution in [0.15, 0.2) is 18.1 Å². The van der Waals surface area contributed by atoms with Crippen LogP contribution in [-0.4, -0.2) is 10.3 Å². The normalized spacial score (nSPS) is 24.8. The Morgan fingerprint density at radius 3 is 2.67 bits per heavy atom. The summed E-state index contributed by atoms with van der Waals surface area (Å²) in [4.78, 5) is 10.3. The molecule has 0 bridgehead atoms. The van der Waals surface area contributed by atoms with Crippen LogP contribution in [0.4, 0.5) is 4.79 Å². The van der Waals surface area contributed by atoms with Gasteiger partial charge in [0.1, 0.15) is 0 Å². The lowest BCUT2D eigenvalue weighted by molar-refractivity contribution is 0.134. The van der Waals surface area contributed by atoms with Crippen molar-refractivity contribution in [3.05, 3.63) is 18.1 Å². The Kier molecular flexibility index (Phi) is 1.78. The van der Waals surface area contributed by atoms with Crippen LogP contribution in [0.3, 0.4) is 0 Å². The van der Waals surface area contributed by atoms with Crippen LogP contribution in [0.2, 0.25) is 0 Å². The lowest BCUT2D eigenvalue weighted by atomic mass is 10.6. The quantitative estimate of drug-likeness (QED) is 0.278. The summed E-state index contributed by atoms with van der Waals surface area (Å²) < 4.78 is 8.69. The van der Waals surface area contributed by atoms with E-state index in [1.807, 2.05) is 22.6 Å². The predicted molar refractivity (Wildman–Crippen MR) is 38.0 cm³/mol. The highest BCUT2D eigenvalue weighted by Crippen LogP contribution is 2.22. The number of rotatable bonds is 0. The summed E-state index contributed by atoms with van der Waals surface area (Å²) in [6.45, 7) is 3.30. The van der Waals surface area contributed by atoms with Gasteiger partial charge in [0.05, 0.1) is 0 Å². The minimum absolute atomic E-state index is 0.348. The highest BCUT2D eigenvalue weighted by atomic mass is 127. The van der Waals surface area contributed by atoms with Crippen LogP contribution < -0.4 is 0 Å². The molecule has 4 heteroatoms. The summed E-state index contributed by atoms with van der Waals surface area (Å²) in [6.07, 6.45) is -0.680. The molecule has 1 rings (SSSR count). The van der Waals surface area contributed by atoms with Crippen molar-refractivity contribution in [2.75, 3.05) is 0 Å². The van der Waals surface area contributed by atoms with Crippen molar-refractivity contribution in [2.45, 2.75) is 4.11 Å². The van der Waals surface area contributed by atoms with E-state index < -0.39 is 6.16 Å². The number of hydrogen-bond donors (Lipinski definition) is 0. The maximum Gasteiger partial charge on any atom is 0.515 e. The number of hydrogen-bond acceptors (Lipinski definition) is 3. The molecule has 1 saturated heterocycles. The van der Waals surface area contributed by atoms with Gasteiger partial charge in [-0.05, 0) is 22.6 Å². The summed E-state index contributed by atoms with van der Waals surface area (Å²) in [5.41, 5.74) is 2.44. The van der Waals surface area contributed by atoms with E-state index >= 15 is 0 Å². The van der Waals surface area contributed by atoms with Gasteiger partial charge in [-0.25, -0.2) is 4.79 Å². The van der Waals surface area contributed by atoms with E-state index in [2.05, 4.69) is 21.8 Å². The topological polar surface area (TPSA) is 35.5 Å². The fraction of sp³-hybridized carbons (Fsp3) is 0.200. The molecule has 1 fully saturated rings. The highest BCUT2D eigenvalue weighted by Gasteiger charge is 2.28. The van der Waals surface area contributed by atoms with E-state index in [0.717, 1.165) is 0 Å². The monoisotopic (exact) mass is 238 g/mol. The third-order valence-corrected chi connectivity index (χ3v) is 1.59. The third kappa shape index (κ3) is 1.25. The molecule has 48 valence electrons. The maximum atomic E-state index is 10.3. The van der Waals surface area contributed by atoms with Crippen LogP contribution in [0.5, 0.6) is 0 Å². The van der Waals surface area contributed by atoms with Crippen LogP contribution in [0.25, 0.3) is 0 Å². The standard InChI is InChI=1S/C5H3IO3/c1-2-3-4(6)9-5(7)8-3/h4H,1H2. The molecule has 0 radical (unpaired) electrons. The van der Waals surface area contributed by atoms with Crippen molar-refractivity contribution in [3.63, 3.8) is 0 Å². The molecule has 1 atom stereocenters. The molecule has 0 amide bonds. The fourth-order valence-corrected chi connectivity index (χ4v) is 0.969. The van der Waals surface area contributed by atoms with Gasteiger partial charge in [-0.3, -0.25) is 0 Å². The Labute approximate surface area is 65.5 Å². The molecule has 1 aliphatic rings. The van der Waals surface area contributed by atoms with E-state index in [4.69, 9.17) is 0 Å². The zero-order chi connectivity index (χ0) is 6.85. The number of cyclic esters (lactones) is 2. The second-order valence-electron chi connectivity index (χ2n) is 1.33. The Morgan fingerprint density at radius 1 is 1.78 bits per heavy atom. The molecular formula is C5H3IO3. The Morgan fingerprint density at radius 2 is 2.44 bits per heavy atom. The molecule has 0 aromatic carbocycles. The molecule has 0 N–H and O–H groups in total. The van der Waals surface area contributed by atoms with E-state index in [1.54, 1.807) is 0 Å². The first kappa shape index (κ1) is 6.64. The first-order valence-electron chi connectivity index (χ1n) is 2.16. The summed E-state index contributed by atoms with van der Waals surface area (Å²) in [6, 6.07) is 0. The average Bonchev–Trinajstić information content (AvgIpc) is 2.10. The molecule has 0 aromatic heterocycles. The van der Waals surface area contributed by atoms with Gasteiger partial charge in [0.15, 0.2) is 0 Å². The Hall–Kier alpha value is -0.480. The summed E-state index contributed by atoms with van der Waals surface area (Å²) in [5.74, 6) is 0.348. The molecule has 1 unspecified atom stereocenters. The van der Waals surface area contributed by atoms with Gasteiger partial charge in [0.25, 0.3) is 0 Å². The van der Waals surface area contributed by atoms with Gasteiger partial charge in [0, 0.05) is 0 Å². The number of carbonyl (C=O) groups is 1. The highest BCUT2D eigenvalue weighted by molar-refractivity contribution is 14.1. The zero-order valence-corrected chi connectivity index (χ0v) is 6.54. The molecule has 9 heavy (non-hydrogen) atoms. The van der Waals surface area contributed by atoms with Crippen LogP contribution in [0, 0.1) is 0 Å². The molecule has 0 aliphatic carbocycles. The van der Waals surface area contributed by atoms with Gasteiger partial charge in [-0.2, -0.15) is 0 Å². The van der Waals surface area contributed by atoms with Crippen molar-refractivity contribution in [3.8, 4) is 0 Å². The van der Waals surface area contributed by atoms with Gasteiger partial charge >= 0.3 is 6.16 Å². The van der Waals surface area contributed by atoms with Gasteiger partial charge in [-0.15, -0.1) is 0 Å². The van der Waals surface area contributed by atoms with Crippen molar-refractivity contribution in [1.29, 1.82) is 0 Å². The number of alkyl halides is 1. The molecule has 0 spiro atoms. The summed E-state index contributed by atoms with van der Waals surface area (Å²) >= 11 is 1.90. The summed E-state index contributed by atoms with van der Waals surface area (Å²) in [5, 5.41) is 0. The molecule has 1 aliphatic heterocycles. The van der Waals surface area contributed by atoms with E-state index in [-0.39, 0.29) is 4.11 Å². The van der Waals surface area contributed by atoms with Crippen molar-refractivity contribution in [1.82, 2.24) is 0 Å². The first-order valence-corrected chi connectivity index (χ1v) is 3.41. The molecule has 0 aromatic rings. The van der Waals surface area contributed by atoms with Crippen LogP contribution >= 0.6 is 22.6 Å². The molecule has 0 saturated carbocycles. The summed E-state index contributed by atoms with van der Waals surface area (Å²) in [7, 11) is 0. The lowest BCUT2D eigenvalue weighted by Crippen LogP contribution is -1.94. The van der Waals surface area contributed by atoms with Gasteiger partial charge in [-0.1, -0.05) is 12.3 Å². The van der Waals surface area contributed by atoms with Crippen molar-refractivity contribution >= 4 is 28.7 Å². The molecular weight excluding hydrogens is 235 g/mol. The van der Waals surface area contributed by atoms with E-state index in [9.17, 15) is 4.79 Å². The van der Waals surface area contributed by atoms with E-state index in [1.165, 1.54) is 0 Å². The largest absolute Gasteiger partial charge is 0.515 e. The SMILES string of the molecule is C=C=C1OC(=O)OC1I. The molecule has 3 nitrogen and oxygen atoms in total. The van der Waals surface area contributed by atoms with E-state index in [0.29, 0.717) is 5.76 Å². The third-order valence-electron chi connectivity index (χ3n) is 0.773. The van der Waals surface area contributed by atoms with Gasteiger partial charge < -0.3 is 9.47 Å². The number of ether oxygens (including phenoxy) is 2. The average molecular weight is 238 g/mol. The van der Waals surface area contributed by atoms with Crippen molar-refractivity contribution in [2.24, 2.45) is 0 Å².